The molecule has 6 heteroatoms. The van der Waals surface area contributed by atoms with Crippen molar-refractivity contribution < 1.29 is 23.8 Å². The summed E-state index contributed by atoms with van der Waals surface area (Å²) in [6.07, 6.45) is 5.13. The lowest BCUT2D eigenvalue weighted by Gasteiger charge is -2.20. The van der Waals surface area contributed by atoms with E-state index in [0.717, 1.165) is 5.75 Å². The normalized spacial score (nSPS) is 25.2. The number of rotatable bonds is 7. The maximum Gasteiger partial charge on any atom is 0.338 e. The quantitative estimate of drug-likeness (QED) is 0.360. The van der Waals surface area contributed by atoms with E-state index >= 15 is 0 Å². The summed E-state index contributed by atoms with van der Waals surface area (Å²) in [4.78, 5) is 24.2. The van der Waals surface area contributed by atoms with Crippen LogP contribution in [0.1, 0.15) is 29.6 Å². The minimum absolute atomic E-state index is 0.0381. The molecule has 0 spiro atoms. The lowest BCUT2D eigenvalue weighted by atomic mass is 9.91. The van der Waals surface area contributed by atoms with Gasteiger partial charge in [-0.25, -0.2) is 4.79 Å². The number of esters is 2. The third kappa shape index (κ3) is 4.85. The molecule has 0 aromatic heterocycles. The number of halogens is 1. The number of hydrogen-bond acceptors (Lipinski definition) is 5. The van der Waals surface area contributed by atoms with Gasteiger partial charge in [0.25, 0.3) is 0 Å². The summed E-state index contributed by atoms with van der Waals surface area (Å²) in [6.45, 7) is 0.502. The van der Waals surface area contributed by atoms with Gasteiger partial charge in [-0.2, -0.15) is 0 Å². The van der Waals surface area contributed by atoms with E-state index in [-0.39, 0.29) is 36.0 Å². The van der Waals surface area contributed by atoms with Gasteiger partial charge in [-0.15, -0.1) is 0 Å². The third-order valence-corrected chi connectivity index (χ3v) is 5.76. The molecule has 0 radical (unpaired) electrons. The van der Waals surface area contributed by atoms with Crippen LogP contribution < -0.4 is 4.74 Å². The zero-order valence-corrected chi connectivity index (χ0v) is 17.2. The van der Waals surface area contributed by atoms with E-state index in [2.05, 4.69) is 0 Å². The average molecular weight is 427 g/mol. The summed E-state index contributed by atoms with van der Waals surface area (Å²) in [6, 6.07) is 16.2. The van der Waals surface area contributed by atoms with Crippen molar-refractivity contribution >= 4 is 23.5 Å². The molecule has 0 bridgehead atoms. The van der Waals surface area contributed by atoms with Gasteiger partial charge in [-0.1, -0.05) is 48.0 Å². The predicted molar refractivity (Wildman–Crippen MR) is 112 cm³/mol. The van der Waals surface area contributed by atoms with Gasteiger partial charge in [0, 0.05) is 23.3 Å². The Morgan fingerprint density at radius 1 is 1.17 bits per heavy atom. The first-order valence-corrected chi connectivity index (χ1v) is 10.5. The van der Waals surface area contributed by atoms with Crippen LogP contribution in [0.25, 0.3) is 0 Å². The van der Waals surface area contributed by atoms with Gasteiger partial charge >= 0.3 is 11.9 Å². The molecule has 4 atom stereocenters. The molecule has 5 nitrogen and oxygen atoms in total. The lowest BCUT2D eigenvalue weighted by Crippen LogP contribution is -2.24. The van der Waals surface area contributed by atoms with Gasteiger partial charge < -0.3 is 14.2 Å². The zero-order chi connectivity index (χ0) is 20.9. The largest absolute Gasteiger partial charge is 0.493 e. The summed E-state index contributed by atoms with van der Waals surface area (Å²) in [5.41, 5.74) is 0.518. The van der Waals surface area contributed by atoms with Crippen LogP contribution in [0.3, 0.4) is 0 Å². The molecule has 2 fully saturated rings. The molecule has 1 heterocycles. The molecule has 2 aromatic rings. The molecule has 1 saturated heterocycles. The Morgan fingerprint density at radius 3 is 2.80 bits per heavy atom. The molecule has 1 aliphatic carbocycles. The van der Waals surface area contributed by atoms with Crippen LogP contribution in [0.2, 0.25) is 5.02 Å². The summed E-state index contributed by atoms with van der Waals surface area (Å²) in [5, 5.41) is 0.633. The Hall–Kier alpha value is -2.79. The fourth-order valence-corrected chi connectivity index (χ4v) is 4.31. The fraction of sp³-hybridized carbons (Fsp3) is 0.333. The highest BCUT2D eigenvalue weighted by Gasteiger charge is 2.50. The predicted octanol–water partition coefficient (Wildman–Crippen LogP) is 4.84. The van der Waals surface area contributed by atoms with Gasteiger partial charge in [-0.05, 0) is 36.8 Å². The van der Waals surface area contributed by atoms with E-state index in [1.54, 1.807) is 36.4 Å². The topological polar surface area (TPSA) is 61.8 Å². The van der Waals surface area contributed by atoms with Crippen molar-refractivity contribution in [3.8, 4) is 5.75 Å². The summed E-state index contributed by atoms with van der Waals surface area (Å²) in [7, 11) is 0. The molecule has 2 aromatic carbocycles. The minimum atomic E-state index is -0.352. The number of carbonyl (C=O) groups excluding carboxylic acids is 2. The van der Waals surface area contributed by atoms with Gasteiger partial charge in [0.15, 0.2) is 0 Å². The van der Waals surface area contributed by atoms with Gasteiger partial charge in [0.1, 0.15) is 18.0 Å². The van der Waals surface area contributed by atoms with Crippen molar-refractivity contribution in [2.24, 2.45) is 11.8 Å². The van der Waals surface area contributed by atoms with E-state index in [1.165, 1.54) is 0 Å². The Labute approximate surface area is 180 Å². The molecular formula is C24H23ClO5. The van der Waals surface area contributed by atoms with Gasteiger partial charge in [-0.3, -0.25) is 4.79 Å². The maximum atomic E-state index is 12.5. The van der Waals surface area contributed by atoms with Crippen LogP contribution in [0, 0.1) is 11.8 Å². The van der Waals surface area contributed by atoms with Gasteiger partial charge in [0.2, 0.25) is 0 Å². The van der Waals surface area contributed by atoms with Crippen LogP contribution in [0.15, 0.2) is 66.7 Å². The molecule has 1 aliphatic heterocycles. The molecule has 30 heavy (non-hydrogen) atoms. The highest BCUT2D eigenvalue weighted by Crippen LogP contribution is 2.43. The number of ether oxygens (including phenoxy) is 3. The third-order valence-electron chi connectivity index (χ3n) is 5.53. The lowest BCUT2D eigenvalue weighted by molar-refractivity contribution is -0.141. The number of carbonyl (C=O) groups is 2. The Bertz CT molecular complexity index is 926. The van der Waals surface area contributed by atoms with Crippen LogP contribution in [0.4, 0.5) is 0 Å². The second kappa shape index (κ2) is 9.35. The molecule has 156 valence electrons. The average Bonchev–Trinajstić information content (AvgIpc) is 3.24. The molecular weight excluding hydrogens is 404 g/mol. The highest BCUT2D eigenvalue weighted by atomic mass is 35.5. The smallest absolute Gasteiger partial charge is 0.338 e. The van der Waals surface area contributed by atoms with Crippen molar-refractivity contribution in [2.45, 2.75) is 31.5 Å². The number of hydrogen-bond donors (Lipinski definition) is 0. The van der Waals surface area contributed by atoms with Crippen LogP contribution >= 0.6 is 11.6 Å². The molecule has 2 aliphatic rings. The Balaban J connectivity index is 1.36. The van der Waals surface area contributed by atoms with Crippen molar-refractivity contribution in [1.29, 1.82) is 0 Å². The summed E-state index contributed by atoms with van der Waals surface area (Å²) in [5.74, 6) is 0.174. The second-order valence-corrected chi connectivity index (χ2v) is 7.98. The molecule has 4 rings (SSSR count). The van der Waals surface area contributed by atoms with E-state index in [4.69, 9.17) is 25.8 Å². The summed E-state index contributed by atoms with van der Waals surface area (Å²) >= 11 is 5.96. The molecule has 1 saturated carbocycles. The maximum absolute atomic E-state index is 12.5. The first kappa shape index (κ1) is 20.5. The van der Waals surface area contributed by atoms with Crippen molar-refractivity contribution in [3.63, 3.8) is 0 Å². The van der Waals surface area contributed by atoms with Gasteiger partial charge in [0.05, 0.1) is 18.6 Å². The molecule has 0 amide bonds. The molecule has 0 unspecified atom stereocenters. The SMILES string of the molecule is O=C1C[C@@H]2[C@@H](/C=C/CCOc3cccc(Cl)c3)[C@H](OC(=O)c3ccccc3)C[C@H]2O1. The van der Waals surface area contributed by atoms with E-state index in [1.807, 2.05) is 30.4 Å². The van der Waals surface area contributed by atoms with Crippen LogP contribution in [-0.4, -0.2) is 30.8 Å². The Morgan fingerprint density at radius 2 is 2.00 bits per heavy atom. The van der Waals surface area contributed by atoms with Crippen LogP contribution in [0.5, 0.6) is 5.75 Å². The first-order valence-electron chi connectivity index (χ1n) is 10.1. The monoisotopic (exact) mass is 426 g/mol. The molecule has 0 N–H and O–H groups in total. The zero-order valence-electron chi connectivity index (χ0n) is 16.4. The summed E-state index contributed by atoms with van der Waals surface area (Å²) < 4.78 is 16.9. The highest BCUT2D eigenvalue weighted by molar-refractivity contribution is 6.30. The van der Waals surface area contributed by atoms with E-state index < -0.39 is 0 Å². The second-order valence-electron chi connectivity index (χ2n) is 7.54. The van der Waals surface area contributed by atoms with Crippen molar-refractivity contribution in [1.82, 2.24) is 0 Å². The number of fused-ring (bicyclic) bond motifs is 1. The van der Waals surface area contributed by atoms with Crippen molar-refractivity contribution in [3.05, 3.63) is 77.3 Å². The van der Waals surface area contributed by atoms with E-state index in [9.17, 15) is 9.59 Å². The fourth-order valence-electron chi connectivity index (χ4n) is 4.12. The Kier molecular flexibility index (Phi) is 6.38. The number of benzene rings is 2. The van der Waals surface area contributed by atoms with Crippen molar-refractivity contribution in [2.75, 3.05) is 6.61 Å². The minimum Gasteiger partial charge on any atom is -0.493 e. The standard InChI is InChI=1S/C24H23ClO5/c25-17-9-6-10-18(13-17)28-12-5-4-11-19-20-14-23(26)29-22(20)15-21(19)30-24(27)16-7-2-1-3-8-16/h1-4,6-11,13,19-22H,5,12,14-15H2/b11-4+/t19-,20-,21-,22-/m1/s1. The first-order chi connectivity index (χ1) is 14.6. The van der Waals surface area contributed by atoms with Crippen LogP contribution in [-0.2, 0) is 14.3 Å². The van der Waals surface area contributed by atoms with E-state index in [0.29, 0.717) is 36.5 Å².